The van der Waals surface area contributed by atoms with Crippen molar-refractivity contribution in [3.63, 3.8) is 0 Å². The van der Waals surface area contributed by atoms with Gasteiger partial charge in [0.05, 0.1) is 24.0 Å². The molecule has 2 aromatic carbocycles. The number of benzene rings is 2. The van der Waals surface area contributed by atoms with Crippen molar-refractivity contribution in [2.45, 2.75) is 30.4 Å². The second-order valence-electron chi connectivity index (χ2n) is 5.49. The molecule has 4 nitrogen and oxygen atoms in total. The van der Waals surface area contributed by atoms with Gasteiger partial charge in [-0.3, -0.25) is 4.79 Å². The first kappa shape index (κ1) is 18.1. The predicted octanol–water partition coefficient (Wildman–Crippen LogP) is 3.02. The van der Waals surface area contributed by atoms with E-state index >= 15 is 0 Å². The summed E-state index contributed by atoms with van der Waals surface area (Å²) in [4.78, 5) is 13.2. The van der Waals surface area contributed by atoms with Crippen LogP contribution in [0.15, 0.2) is 59.5 Å². The topological polar surface area (TPSA) is 73.1 Å². The third-order valence-corrected chi connectivity index (χ3v) is 4.48. The van der Waals surface area contributed by atoms with Crippen molar-refractivity contribution >= 4 is 17.7 Å². The van der Waals surface area contributed by atoms with E-state index in [-0.39, 0.29) is 11.9 Å². The summed E-state index contributed by atoms with van der Waals surface area (Å²) < 4.78 is 0. The summed E-state index contributed by atoms with van der Waals surface area (Å²) >= 11 is 1.39. The highest BCUT2D eigenvalue weighted by Gasteiger charge is 2.18. The van der Waals surface area contributed by atoms with Crippen LogP contribution in [0.2, 0.25) is 0 Å². The van der Waals surface area contributed by atoms with Crippen molar-refractivity contribution in [1.82, 2.24) is 5.32 Å². The molecule has 0 aliphatic rings. The lowest BCUT2D eigenvalue weighted by molar-refractivity contribution is 0.0851. The third kappa shape index (κ3) is 5.41. The van der Waals surface area contributed by atoms with Crippen LogP contribution in [0.25, 0.3) is 0 Å². The highest BCUT2D eigenvalue weighted by atomic mass is 32.2. The predicted molar refractivity (Wildman–Crippen MR) is 95.9 cm³/mol. The van der Waals surface area contributed by atoms with Crippen molar-refractivity contribution < 1.29 is 9.90 Å². The summed E-state index contributed by atoms with van der Waals surface area (Å²) in [7, 11) is 0. The van der Waals surface area contributed by atoms with Gasteiger partial charge in [-0.15, -0.1) is 11.8 Å². The van der Waals surface area contributed by atoms with E-state index in [2.05, 4.69) is 11.4 Å². The van der Waals surface area contributed by atoms with Crippen molar-refractivity contribution in [3.8, 4) is 6.07 Å². The first-order valence-electron chi connectivity index (χ1n) is 7.73. The van der Waals surface area contributed by atoms with Gasteiger partial charge >= 0.3 is 0 Å². The quantitative estimate of drug-likeness (QED) is 0.760. The van der Waals surface area contributed by atoms with E-state index in [1.165, 1.54) is 11.8 Å². The van der Waals surface area contributed by atoms with Crippen LogP contribution in [0, 0.1) is 11.3 Å². The van der Waals surface area contributed by atoms with Gasteiger partial charge in [0.25, 0.3) is 5.91 Å². The number of nitriles is 1. The molecule has 0 aromatic heterocycles. The smallest absolute Gasteiger partial charge is 0.251 e. The van der Waals surface area contributed by atoms with Crippen LogP contribution >= 0.6 is 11.8 Å². The molecule has 2 atom stereocenters. The van der Waals surface area contributed by atoms with Crippen LogP contribution in [0.1, 0.15) is 22.8 Å². The Bertz CT molecular complexity index is 713. The summed E-state index contributed by atoms with van der Waals surface area (Å²) in [6.07, 6.45) is -0.173. The third-order valence-electron chi connectivity index (χ3n) is 3.62. The van der Waals surface area contributed by atoms with Crippen molar-refractivity contribution in [1.29, 1.82) is 5.26 Å². The second-order valence-corrected chi connectivity index (χ2v) is 6.54. The Balaban J connectivity index is 1.94. The zero-order valence-electron chi connectivity index (χ0n) is 13.5. The van der Waals surface area contributed by atoms with E-state index < -0.39 is 6.10 Å². The fourth-order valence-electron chi connectivity index (χ4n) is 2.26. The summed E-state index contributed by atoms with van der Waals surface area (Å²) in [6.45, 7) is 1.79. The van der Waals surface area contributed by atoms with Crippen LogP contribution in [-0.2, 0) is 6.42 Å². The molecule has 0 fully saturated rings. The van der Waals surface area contributed by atoms with E-state index in [1.807, 2.05) is 36.4 Å². The lowest BCUT2D eigenvalue weighted by Gasteiger charge is -2.20. The summed E-state index contributed by atoms with van der Waals surface area (Å²) in [5, 5.41) is 21.7. The molecule has 0 saturated carbocycles. The molecule has 0 aliphatic heterocycles. The Hall–Kier alpha value is -2.29. The van der Waals surface area contributed by atoms with Crippen molar-refractivity contribution in [3.05, 3.63) is 65.7 Å². The highest BCUT2D eigenvalue weighted by molar-refractivity contribution is 7.99. The van der Waals surface area contributed by atoms with Gasteiger partial charge in [0, 0.05) is 16.9 Å². The zero-order chi connectivity index (χ0) is 17.4. The SMILES string of the molecule is CC(NC(=O)c1cccc(SCC#N)c1)C(O)Cc1ccccc1. The largest absolute Gasteiger partial charge is 0.391 e. The van der Waals surface area contributed by atoms with E-state index in [4.69, 9.17) is 5.26 Å². The number of carbonyl (C=O) groups excluding carboxylic acids is 1. The van der Waals surface area contributed by atoms with Gasteiger partial charge in [0.2, 0.25) is 0 Å². The minimum Gasteiger partial charge on any atom is -0.391 e. The number of rotatable bonds is 7. The molecule has 2 rings (SSSR count). The first-order chi connectivity index (χ1) is 11.6. The van der Waals surface area contributed by atoms with E-state index in [9.17, 15) is 9.90 Å². The van der Waals surface area contributed by atoms with Gasteiger partial charge < -0.3 is 10.4 Å². The molecule has 24 heavy (non-hydrogen) atoms. The van der Waals surface area contributed by atoms with E-state index in [0.29, 0.717) is 17.7 Å². The van der Waals surface area contributed by atoms with Crippen molar-refractivity contribution in [2.75, 3.05) is 5.75 Å². The van der Waals surface area contributed by atoms with Crippen LogP contribution in [0.3, 0.4) is 0 Å². The van der Waals surface area contributed by atoms with Gasteiger partial charge in [-0.05, 0) is 30.7 Å². The first-order valence-corrected chi connectivity index (χ1v) is 8.71. The number of hydrogen-bond acceptors (Lipinski definition) is 4. The van der Waals surface area contributed by atoms with Gasteiger partial charge in [0.15, 0.2) is 0 Å². The fourth-order valence-corrected chi connectivity index (χ4v) is 2.88. The van der Waals surface area contributed by atoms with E-state index in [1.54, 1.807) is 25.1 Å². The molecule has 1 amide bonds. The van der Waals surface area contributed by atoms with Gasteiger partial charge in [-0.25, -0.2) is 0 Å². The van der Waals surface area contributed by atoms with Crippen molar-refractivity contribution in [2.24, 2.45) is 0 Å². The Morgan fingerprint density at radius 1 is 1.25 bits per heavy atom. The molecular formula is C19H20N2O2S. The molecule has 5 heteroatoms. The minimum atomic E-state index is -0.660. The molecule has 2 N–H and O–H groups in total. The fraction of sp³-hybridized carbons (Fsp3) is 0.263. The summed E-state index contributed by atoms with van der Waals surface area (Å²) in [6, 6.07) is 18.5. The maximum Gasteiger partial charge on any atom is 0.251 e. The van der Waals surface area contributed by atoms with Crippen LogP contribution in [-0.4, -0.2) is 28.9 Å². The lowest BCUT2D eigenvalue weighted by Crippen LogP contribution is -2.42. The number of aliphatic hydroxyl groups excluding tert-OH is 1. The standard InChI is InChI=1S/C19H20N2O2S/c1-14(18(22)12-15-6-3-2-4-7-15)21-19(23)16-8-5-9-17(13-16)24-11-10-20/h2-9,13-14,18,22H,11-12H2,1H3,(H,21,23). The molecule has 124 valence electrons. The van der Waals surface area contributed by atoms with Gasteiger partial charge in [-0.2, -0.15) is 5.26 Å². The number of hydrogen-bond donors (Lipinski definition) is 2. The van der Waals surface area contributed by atoms with Gasteiger partial charge in [-0.1, -0.05) is 36.4 Å². The monoisotopic (exact) mass is 340 g/mol. The normalized spacial score (nSPS) is 12.9. The summed E-state index contributed by atoms with van der Waals surface area (Å²) in [5.74, 6) is 0.117. The minimum absolute atomic E-state index is 0.228. The molecule has 0 radical (unpaired) electrons. The average Bonchev–Trinajstić information content (AvgIpc) is 2.61. The maximum atomic E-state index is 12.3. The average molecular weight is 340 g/mol. The second kappa shape index (κ2) is 9.11. The molecular weight excluding hydrogens is 320 g/mol. The number of nitrogens with one attached hydrogen (secondary N) is 1. The molecule has 0 heterocycles. The van der Waals surface area contributed by atoms with E-state index in [0.717, 1.165) is 10.5 Å². The van der Waals surface area contributed by atoms with Crippen LogP contribution in [0.4, 0.5) is 0 Å². The van der Waals surface area contributed by atoms with Crippen LogP contribution < -0.4 is 5.32 Å². The Morgan fingerprint density at radius 3 is 2.71 bits per heavy atom. The number of carbonyl (C=O) groups is 1. The van der Waals surface area contributed by atoms with Crippen LogP contribution in [0.5, 0.6) is 0 Å². The molecule has 2 unspecified atom stereocenters. The zero-order valence-corrected chi connectivity index (χ0v) is 14.3. The molecule has 0 aliphatic carbocycles. The lowest BCUT2D eigenvalue weighted by atomic mass is 10.0. The molecule has 2 aromatic rings. The number of thioether (sulfide) groups is 1. The Kier molecular flexibility index (Phi) is 6.86. The Morgan fingerprint density at radius 2 is 2.00 bits per heavy atom. The van der Waals surface area contributed by atoms with Gasteiger partial charge in [0.1, 0.15) is 0 Å². The number of aliphatic hydroxyl groups is 1. The molecule has 0 spiro atoms. The molecule has 0 bridgehead atoms. The maximum absolute atomic E-state index is 12.3. The molecule has 0 saturated heterocycles. The number of nitrogens with zero attached hydrogens (tertiary/aromatic N) is 1. The number of amides is 1. The highest BCUT2D eigenvalue weighted by Crippen LogP contribution is 2.18. The Labute approximate surface area is 146 Å². The summed E-state index contributed by atoms with van der Waals surface area (Å²) in [5.41, 5.74) is 1.55.